The summed E-state index contributed by atoms with van der Waals surface area (Å²) in [4.78, 5) is 4.54. The molecule has 1 atom stereocenters. The number of para-hydroxylation sites is 1. The van der Waals surface area contributed by atoms with Crippen molar-refractivity contribution in [1.82, 2.24) is 4.98 Å². The van der Waals surface area contributed by atoms with Crippen LogP contribution >= 0.6 is 11.6 Å². The van der Waals surface area contributed by atoms with E-state index in [-0.39, 0.29) is 5.38 Å². The number of anilines is 1. The standard InChI is InChI=1S/C14H17ClN2/c1-2-12(15)9-10-16-14-8-7-11-5-3-4-6-13(11)17-14/h3-8,12H,2,9-10H2,1H3,(H,16,17). The van der Waals surface area contributed by atoms with E-state index >= 15 is 0 Å². The van der Waals surface area contributed by atoms with Crippen molar-refractivity contribution < 1.29 is 0 Å². The van der Waals surface area contributed by atoms with Gasteiger partial charge in [0.05, 0.1) is 5.52 Å². The lowest BCUT2D eigenvalue weighted by Gasteiger charge is -2.09. The van der Waals surface area contributed by atoms with Crippen LogP contribution in [0.2, 0.25) is 0 Å². The summed E-state index contributed by atoms with van der Waals surface area (Å²) < 4.78 is 0. The lowest BCUT2D eigenvalue weighted by molar-refractivity contribution is 0.752. The molecule has 1 aromatic carbocycles. The molecule has 0 bridgehead atoms. The predicted octanol–water partition coefficient (Wildman–Crippen LogP) is 4.05. The zero-order valence-electron chi connectivity index (χ0n) is 9.99. The normalized spacial score (nSPS) is 12.6. The summed E-state index contributed by atoms with van der Waals surface area (Å²) in [5, 5.41) is 4.73. The lowest BCUT2D eigenvalue weighted by Crippen LogP contribution is -2.08. The quantitative estimate of drug-likeness (QED) is 0.808. The van der Waals surface area contributed by atoms with E-state index in [1.54, 1.807) is 0 Å². The largest absolute Gasteiger partial charge is 0.370 e. The second-order valence-corrected chi connectivity index (χ2v) is 4.73. The number of nitrogens with zero attached hydrogens (tertiary/aromatic N) is 1. The van der Waals surface area contributed by atoms with Crippen molar-refractivity contribution in [3.8, 4) is 0 Å². The zero-order valence-corrected chi connectivity index (χ0v) is 10.7. The molecule has 2 nitrogen and oxygen atoms in total. The Morgan fingerprint density at radius 1 is 1.24 bits per heavy atom. The highest BCUT2D eigenvalue weighted by Crippen LogP contribution is 2.15. The zero-order chi connectivity index (χ0) is 12.1. The second-order valence-electron chi connectivity index (χ2n) is 4.11. The third-order valence-electron chi connectivity index (χ3n) is 2.81. The number of benzene rings is 1. The fourth-order valence-electron chi connectivity index (χ4n) is 1.73. The molecule has 0 aliphatic heterocycles. The molecule has 1 aromatic heterocycles. The van der Waals surface area contributed by atoms with Gasteiger partial charge in [0.15, 0.2) is 0 Å². The Hall–Kier alpha value is -1.28. The summed E-state index contributed by atoms with van der Waals surface area (Å²) in [5.41, 5.74) is 1.02. The third-order valence-corrected chi connectivity index (χ3v) is 3.33. The first kappa shape index (κ1) is 12.2. The maximum absolute atomic E-state index is 6.07. The number of hydrogen-bond acceptors (Lipinski definition) is 2. The molecule has 0 amide bonds. The Bertz CT molecular complexity index is 484. The van der Waals surface area contributed by atoms with Gasteiger partial charge in [-0.05, 0) is 31.0 Å². The third kappa shape index (κ3) is 3.34. The molecule has 0 aliphatic carbocycles. The molecule has 0 fully saturated rings. The van der Waals surface area contributed by atoms with Gasteiger partial charge in [-0.3, -0.25) is 0 Å². The molecule has 2 rings (SSSR count). The van der Waals surface area contributed by atoms with E-state index in [1.165, 1.54) is 5.39 Å². The molecular weight excluding hydrogens is 232 g/mol. The van der Waals surface area contributed by atoms with Crippen LogP contribution in [0.4, 0.5) is 5.82 Å². The van der Waals surface area contributed by atoms with Crippen LogP contribution in [0.1, 0.15) is 19.8 Å². The van der Waals surface area contributed by atoms with Gasteiger partial charge in [0.2, 0.25) is 0 Å². The van der Waals surface area contributed by atoms with Crippen molar-refractivity contribution in [2.24, 2.45) is 0 Å². The summed E-state index contributed by atoms with van der Waals surface area (Å²) in [7, 11) is 0. The van der Waals surface area contributed by atoms with Gasteiger partial charge in [-0.25, -0.2) is 4.98 Å². The molecule has 0 aliphatic rings. The van der Waals surface area contributed by atoms with E-state index in [0.29, 0.717) is 0 Å². The first-order chi connectivity index (χ1) is 8.29. The molecule has 1 heterocycles. The van der Waals surface area contributed by atoms with Gasteiger partial charge >= 0.3 is 0 Å². The minimum atomic E-state index is 0.253. The SMILES string of the molecule is CCC(Cl)CCNc1ccc2ccccc2n1. The number of pyridine rings is 1. The lowest BCUT2D eigenvalue weighted by atomic mass is 10.2. The Kier molecular flexibility index (Phi) is 4.21. The van der Waals surface area contributed by atoms with Crippen molar-refractivity contribution in [1.29, 1.82) is 0 Å². The van der Waals surface area contributed by atoms with Crippen LogP contribution in [-0.4, -0.2) is 16.9 Å². The van der Waals surface area contributed by atoms with E-state index in [4.69, 9.17) is 11.6 Å². The van der Waals surface area contributed by atoms with Crippen LogP contribution in [0.15, 0.2) is 36.4 Å². The minimum absolute atomic E-state index is 0.253. The summed E-state index contributed by atoms with van der Waals surface area (Å²) >= 11 is 6.07. The Labute approximate surface area is 107 Å². The molecule has 0 radical (unpaired) electrons. The average Bonchev–Trinajstić information content (AvgIpc) is 2.38. The number of halogens is 1. The molecule has 1 unspecified atom stereocenters. The Morgan fingerprint density at radius 2 is 2.06 bits per heavy atom. The van der Waals surface area contributed by atoms with Gasteiger partial charge in [0, 0.05) is 17.3 Å². The summed E-state index contributed by atoms with van der Waals surface area (Å²) in [6.07, 6.45) is 1.97. The first-order valence-corrected chi connectivity index (χ1v) is 6.47. The maximum Gasteiger partial charge on any atom is 0.126 e. The monoisotopic (exact) mass is 248 g/mol. The second kappa shape index (κ2) is 5.87. The molecule has 3 heteroatoms. The van der Waals surface area contributed by atoms with Gasteiger partial charge in [-0.1, -0.05) is 25.1 Å². The number of nitrogens with one attached hydrogen (secondary N) is 1. The van der Waals surface area contributed by atoms with Gasteiger partial charge in [0.25, 0.3) is 0 Å². The molecule has 90 valence electrons. The van der Waals surface area contributed by atoms with Gasteiger partial charge in [-0.15, -0.1) is 11.6 Å². The van der Waals surface area contributed by atoms with Crippen molar-refractivity contribution in [3.05, 3.63) is 36.4 Å². The van der Waals surface area contributed by atoms with Gasteiger partial charge < -0.3 is 5.32 Å². The fraction of sp³-hybridized carbons (Fsp3) is 0.357. The highest BCUT2D eigenvalue weighted by atomic mass is 35.5. The van der Waals surface area contributed by atoms with Gasteiger partial charge in [-0.2, -0.15) is 0 Å². The van der Waals surface area contributed by atoms with Crippen molar-refractivity contribution in [3.63, 3.8) is 0 Å². The summed E-state index contributed by atoms with van der Waals surface area (Å²) in [6, 6.07) is 12.2. The summed E-state index contributed by atoms with van der Waals surface area (Å²) in [6.45, 7) is 2.97. The van der Waals surface area contributed by atoms with Crippen LogP contribution in [0.25, 0.3) is 10.9 Å². The predicted molar refractivity (Wildman–Crippen MR) is 74.8 cm³/mol. The minimum Gasteiger partial charge on any atom is -0.370 e. The van der Waals surface area contributed by atoms with Gasteiger partial charge in [0.1, 0.15) is 5.82 Å². The van der Waals surface area contributed by atoms with Crippen molar-refractivity contribution in [2.75, 3.05) is 11.9 Å². The molecule has 0 saturated heterocycles. The van der Waals surface area contributed by atoms with E-state index in [1.807, 2.05) is 24.3 Å². The smallest absolute Gasteiger partial charge is 0.126 e. The van der Waals surface area contributed by atoms with E-state index in [0.717, 1.165) is 30.7 Å². The fourth-order valence-corrected chi connectivity index (χ4v) is 1.83. The number of alkyl halides is 1. The number of hydrogen-bond donors (Lipinski definition) is 1. The molecular formula is C14H17ClN2. The molecule has 17 heavy (non-hydrogen) atoms. The highest BCUT2D eigenvalue weighted by Gasteiger charge is 2.01. The Morgan fingerprint density at radius 3 is 2.88 bits per heavy atom. The van der Waals surface area contributed by atoms with Crippen LogP contribution in [-0.2, 0) is 0 Å². The van der Waals surface area contributed by atoms with Crippen molar-refractivity contribution in [2.45, 2.75) is 25.1 Å². The molecule has 1 N–H and O–H groups in total. The molecule has 0 spiro atoms. The molecule has 0 saturated carbocycles. The number of rotatable bonds is 5. The molecule has 2 aromatic rings. The van der Waals surface area contributed by atoms with Crippen LogP contribution in [0, 0.1) is 0 Å². The van der Waals surface area contributed by atoms with Crippen LogP contribution in [0.5, 0.6) is 0 Å². The highest BCUT2D eigenvalue weighted by molar-refractivity contribution is 6.20. The number of fused-ring (bicyclic) bond motifs is 1. The average molecular weight is 249 g/mol. The van der Waals surface area contributed by atoms with E-state index < -0.39 is 0 Å². The topological polar surface area (TPSA) is 24.9 Å². The summed E-state index contributed by atoms with van der Waals surface area (Å²) in [5.74, 6) is 0.920. The maximum atomic E-state index is 6.07. The Balaban J connectivity index is 1.99. The van der Waals surface area contributed by atoms with E-state index in [2.05, 4.69) is 29.4 Å². The van der Waals surface area contributed by atoms with Crippen molar-refractivity contribution >= 4 is 28.3 Å². The number of aromatic nitrogens is 1. The van der Waals surface area contributed by atoms with E-state index in [9.17, 15) is 0 Å². The van der Waals surface area contributed by atoms with Crippen LogP contribution < -0.4 is 5.32 Å². The van der Waals surface area contributed by atoms with Crippen LogP contribution in [0.3, 0.4) is 0 Å². The first-order valence-electron chi connectivity index (χ1n) is 6.03.